The molecule has 2 rings (SSSR count). The van der Waals surface area contributed by atoms with E-state index in [1.807, 2.05) is 0 Å². The lowest BCUT2D eigenvalue weighted by Crippen LogP contribution is -2.05. The van der Waals surface area contributed by atoms with Gasteiger partial charge in [-0.05, 0) is 24.6 Å². The standard InChI is InChI=1S/C11H9FO3S/c1-7(13)5-9-6-8-3-2-4-10(12)11(8)16(9,14)15/h2-4,6H,5H2,1H3. The number of carbonyl (C=O) groups is 1. The monoisotopic (exact) mass is 240 g/mol. The molecule has 0 unspecified atom stereocenters. The Morgan fingerprint density at radius 3 is 2.62 bits per heavy atom. The Kier molecular flexibility index (Phi) is 2.42. The number of Topliss-reactive ketones (excluding diaryl/α,β-unsaturated/α-hetero) is 1. The average molecular weight is 240 g/mol. The molecule has 3 nitrogen and oxygen atoms in total. The molecule has 0 aromatic heterocycles. The van der Waals surface area contributed by atoms with Crippen LogP contribution in [-0.2, 0) is 14.6 Å². The van der Waals surface area contributed by atoms with Gasteiger partial charge in [-0.25, -0.2) is 12.8 Å². The van der Waals surface area contributed by atoms with Crippen LogP contribution in [0.3, 0.4) is 0 Å². The first-order valence-corrected chi connectivity index (χ1v) is 6.15. The van der Waals surface area contributed by atoms with Crippen LogP contribution >= 0.6 is 0 Å². The number of halogens is 1. The summed E-state index contributed by atoms with van der Waals surface area (Å²) >= 11 is 0. The fourth-order valence-corrected chi connectivity index (χ4v) is 3.40. The summed E-state index contributed by atoms with van der Waals surface area (Å²) < 4.78 is 37.2. The first-order chi connectivity index (χ1) is 7.43. The van der Waals surface area contributed by atoms with Crippen LogP contribution in [-0.4, -0.2) is 14.2 Å². The lowest BCUT2D eigenvalue weighted by atomic mass is 10.2. The van der Waals surface area contributed by atoms with Crippen LogP contribution in [0.25, 0.3) is 6.08 Å². The highest BCUT2D eigenvalue weighted by Crippen LogP contribution is 2.35. The van der Waals surface area contributed by atoms with Gasteiger partial charge in [0.1, 0.15) is 16.5 Å². The molecule has 0 aliphatic carbocycles. The smallest absolute Gasteiger partial charge is 0.206 e. The normalized spacial score (nSPS) is 16.8. The topological polar surface area (TPSA) is 51.2 Å². The summed E-state index contributed by atoms with van der Waals surface area (Å²) in [5, 5.41) is 0. The number of hydrogen-bond donors (Lipinski definition) is 0. The second-order valence-corrected chi connectivity index (χ2v) is 5.59. The molecule has 1 aliphatic heterocycles. The Morgan fingerprint density at radius 1 is 1.38 bits per heavy atom. The summed E-state index contributed by atoms with van der Waals surface area (Å²) in [4.78, 5) is 10.6. The predicted molar refractivity (Wildman–Crippen MR) is 56.9 cm³/mol. The van der Waals surface area contributed by atoms with Crippen molar-refractivity contribution >= 4 is 21.7 Å². The van der Waals surface area contributed by atoms with Crippen LogP contribution in [0, 0.1) is 5.82 Å². The van der Waals surface area contributed by atoms with E-state index in [2.05, 4.69) is 0 Å². The quantitative estimate of drug-likeness (QED) is 0.793. The predicted octanol–water partition coefficient (Wildman–Crippen LogP) is 1.93. The third-order valence-electron chi connectivity index (χ3n) is 2.35. The van der Waals surface area contributed by atoms with Gasteiger partial charge in [0.25, 0.3) is 0 Å². The molecule has 84 valence electrons. The number of allylic oxidation sites excluding steroid dienone is 1. The van der Waals surface area contributed by atoms with Crippen molar-refractivity contribution in [2.45, 2.75) is 18.2 Å². The first kappa shape index (κ1) is 11.0. The Hall–Kier alpha value is -1.49. The molecule has 1 heterocycles. The van der Waals surface area contributed by atoms with Crippen molar-refractivity contribution in [1.29, 1.82) is 0 Å². The molecule has 0 bridgehead atoms. The van der Waals surface area contributed by atoms with E-state index in [9.17, 15) is 17.6 Å². The van der Waals surface area contributed by atoms with Crippen LogP contribution in [0.4, 0.5) is 4.39 Å². The van der Waals surface area contributed by atoms with Gasteiger partial charge in [-0.1, -0.05) is 12.1 Å². The highest BCUT2D eigenvalue weighted by Gasteiger charge is 2.32. The fourth-order valence-electron chi connectivity index (χ4n) is 1.70. The van der Waals surface area contributed by atoms with Crippen molar-refractivity contribution in [3.05, 3.63) is 34.5 Å². The molecule has 0 N–H and O–H groups in total. The molecule has 0 spiro atoms. The number of rotatable bonds is 2. The van der Waals surface area contributed by atoms with Crippen molar-refractivity contribution in [3.63, 3.8) is 0 Å². The highest BCUT2D eigenvalue weighted by atomic mass is 32.2. The molecule has 1 aromatic rings. The zero-order chi connectivity index (χ0) is 11.9. The minimum Gasteiger partial charge on any atom is -0.300 e. The van der Waals surface area contributed by atoms with E-state index in [4.69, 9.17) is 0 Å². The number of fused-ring (bicyclic) bond motifs is 1. The molecule has 16 heavy (non-hydrogen) atoms. The van der Waals surface area contributed by atoms with E-state index in [1.54, 1.807) is 0 Å². The van der Waals surface area contributed by atoms with Gasteiger partial charge in [-0.15, -0.1) is 0 Å². The number of hydrogen-bond acceptors (Lipinski definition) is 3. The molecule has 1 aromatic carbocycles. The molecular weight excluding hydrogens is 231 g/mol. The Labute approximate surface area is 92.5 Å². The molecule has 0 atom stereocenters. The van der Waals surface area contributed by atoms with Crippen LogP contribution in [0.5, 0.6) is 0 Å². The first-order valence-electron chi connectivity index (χ1n) is 4.66. The van der Waals surface area contributed by atoms with Crippen molar-refractivity contribution in [1.82, 2.24) is 0 Å². The van der Waals surface area contributed by atoms with Crippen LogP contribution < -0.4 is 0 Å². The Morgan fingerprint density at radius 2 is 2.06 bits per heavy atom. The van der Waals surface area contributed by atoms with Gasteiger partial charge in [0.2, 0.25) is 9.84 Å². The summed E-state index contributed by atoms with van der Waals surface area (Å²) in [6, 6.07) is 4.06. The highest BCUT2D eigenvalue weighted by molar-refractivity contribution is 7.95. The van der Waals surface area contributed by atoms with Crippen LogP contribution in [0.2, 0.25) is 0 Å². The van der Waals surface area contributed by atoms with Crippen molar-refractivity contribution in [2.24, 2.45) is 0 Å². The summed E-state index contributed by atoms with van der Waals surface area (Å²) in [6.45, 7) is 1.30. The molecule has 0 saturated heterocycles. The van der Waals surface area contributed by atoms with Gasteiger partial charge in [0, 0.05) is 6.42 Å². The second kappa shape index (κ2) is 3.52. The lowest BCUT2D eigenvalue weighted by Gasteiger charge is -2.02. The van der Waals surface area contributed by atoms with E-state index >= 15 is 0 Å². The fraction of sp³-hybridized carbons (Fsp3) is 0.182. The molecule has 0 radical (unpaired) electrons. The SMILES string of the molecule is CC(=O)CC1=Cc2cccc(F)c2S1(=O)=O. The summed E-state index contributed by atoms with van der Waals surface area (Å²) in [5.74, 6) is -1.03. The number of carbonyl (C=O) groups excluding carboxylic acids is 1. The maximum atomic E-state index is 13.4. The largest absolute Gasteiger partial charge is 0.300 e. The van der Waals surface area contributed by atoms with Gasteiger partial charge < -0.3 is 0 Å². The minimum absolute atomic E-state index is 0.0277. The van der Waals surface area contributed by atoms with Gasteiger partial charge >= 0.3 is 0 Å². The summed E-state index contributed by atoms with van der Waals surface area (Å²) in [6.07, 6.45) is 1.17. The average Bonchev–Trinajstić information content (AvgIpc) is 2.38. The maximum Gasteiger partial charge on any atom is 0.206 e. The molecule has 5 heteroatoms. The Bertz CT molecular complexity index is 600. The zero-order valence-corrected chi connectivity index (χ0v) is 9.34. The maximum absolute atomic E-state index is 13.4. The molecule has 0 fully saturated rings. The van der Waals surface area contributed by atoms with E-state index in [0.29, 0.717) is 5.56 Å². The van der Waals surface area contributed by atoms with Crippen molar-refractivity contribution < 1.29 is 17.6 Å². The van der Waals surface area contributed by atoms with Crippen molar-refractivity contribution in [3.8, 4) is 0 Å². The van der Waals surface area contributed by atoms with Crippen LogP contribution in [0.15, 0.2) is 28.0 Å². The van der Waals surface area contributed by atoms with Gasteiger partial charge in [0.15, 0.2) is 0 Å². The molecule has 0 amide bonds. The van der Waals surface area contributed by atoms with Crippen molar-refractivity contribution in [2.75, 3.05) is 0 Å². The lowest BCUT2D eigenvalue weighted by molar-refractivity contribution is -0.116. The second-order valence-electron chi connectivity index (χ2n) is 3.65. The van der Waals surface area contributed by atoms with Gasteiger partial charge in [0.05, 0.1) is 4.91 Å². The number of benzene rings is 1. The summed E-state index contributed by atoms with van der Waals surface area (Å²) in [5.41, 5.74) is 0.316. The molecule has 0 saturated carbocycles. The van der Waals surface area contributed by atoms with Gasteiger partial charge in [-0.2, -0.15) is 0 Å². The van der Waals surface area contributed by atoms with E-state index < -0.39 is 15.7 Å². The van der Waals surface area contributed by atoms with E-state index in [-0.39, 0.29) is 22.0 Å². The van der Waals surface area contributed by atoms with Crippen LogP contribution in [0.1, 0.15) is 18.9 Å². The van der Waals surface area contributed by atoms with E-state index in [1.165, 1.54) is 25.1 Å². The van der Waals surface area contributed by atoms with Gasteiger partial charge in [-0.3, -0.25) is 4.79 Å². The summed E-state index contributed by atoms with van der Waals surface area (Å²) in [7, 11) is -3.81. The number of sulfone groups is 1. The minimum atomic E-state index is -3.81. The number of ketones is 1. The molecule has 1 aliphatic rings. The van der Waals surface area contributed by atoms with E-state index in [0.717, 1.165) is 6.07 Å². The third kappa shape index (κ3) is 1.57. The molecular formula is C11H9FO3S. The zero-order valence-electron chi connectivity index (χ0n) is 8.53. The Balaban J connectivity index is 2.61. The third-order valence-corrected chi connectivity index (χ3v) is 4.27.